The van der Waals surface area contributed by atoms with Crippen molar-refractivity contribution in [2.45, 2.75) is 26.7 Å². The van der Waals surface area contributed by atoms with Crippen LogP contribution in [-0.4, -0.2) is 0 Å². The predicted molar refractivity (Wildman–Crippen MR) is 80.8 cm³/mol. The SMILES string of the molecule is C/C=C\CCc1ccc(Oc2ccccc2)cc1C. The molecule has 0 aromatic heterocycles. The molecule has 0 aliphatic rings. The first-order chi connectivity index (χ1) is 9.29. The van der Waals surface area contributed by atoms with E-state index in [0.717, 1.165) is 24.3 Å². The van der Waals surface area contributed by atoms with E-state index in [2.05, 4.69) is 38.1 Å². The molecule has 0 saturated heterocycles. The van der Waals surface area contributed by atoms with Gasteiger partial charge in [0, 0.05) is 0 Å². The maximum absolute atomic E-state index is 5.83. The largest absolute Gasteiger partial charge is 0.457 e. The van der Waals surface area contributed by atoms with Crippen LogP contribution in [0.25, 0.3) is 0 Å². The van der Waals surface area contributed by atoms with Gasteiger partial charge in [-0.2, -0.15) is 0 Å². The first-order valence-corrected chi connectivity index (χ1v) is 6.73. The summed E-state index contributed by atoms with van der Waals surface area (Å²) in [5.41, 5.74) is 2.68. The van der Waals surface area contributed by atoms with Gasteiger partial charge in [-0.05, 0) is 62.1 Å². The Kier molecular flexibility index (Phi) is 4.79. The topological polar surface area (TPSA) is 9.23 Å². The van der Waals surface area contributed by atoms with Crippen LogP contribution in [-0.2, 0) is 6.42 Å². The van der Waals surface area contributed by atoms with Crippen molar-refractivity contribution in [1.29, 1.82) is 0 Å². The maximum atomic E-state index is 5.83. The molecule has 2 aromatic rings. The molecule has 0 atom stereocenters. The fraction of sp³-hybridized carbons (Fsp3) is 0.222. The number of hydrogen-bond acceptors (Lipinski definition) is 1. The Morgan fingerprint density at radius 2 is 1.79 bits per heavy atom. The van der Waals surface area contributed by atoms with Gasteiger partial charge in [0.2, 0.25) is 0 Å². The zero-order valence-electron chi connectivity index (χ0n) is 11.6. The highest BCUT2D eigenvalue weighted by atomic mass is 16.5. The van der Waals surface area contributed by atoms with Crippen molar-refractivity contribution in [2.75, 3.05) is 0 Å². The summed E-state index contributed by atoms with van der Waals surface area (Å²) in [6.07, 6.45) is 6.48. The summed E-state index contributed by atoms with van der Waals surface area (Å²) in [6, 6.07) is 16.2. The summed E-state index contributed by atoms with van der Waals surface area (Å²) in [7, 11) is 0. The molecule has 0 spiro atoms. The molecule has 0 saturated carbocycles. The van der Waals surface area contributed by atoms with Gasteiger partial charge in [0.1, 0.15) is 11.5 Å². The highest BCUT2D eigenvalue weighted by molar-refractivity contribution is 5.38. The molecular formula is C18H20O. The first kappa shape index (κ1) is 13.4. The Balaban J connectivity index is 2.06. The average Bonchev–Trinajstić information content (AvgIpc) is 2.43. The molecule has 0 fully saturated rings. The summed E-state index contributed by atoms with van der Waals surface area (Å²) in [4.78, 5) is 0. The first-order valence-electron chi connectivity index (χ1n) is 6.73. The van der Waals surface area contributed by atoms with E-state index < -0.39 is 0 Å². The molecule has 0 aliphatic carbocycles. The predicted octanol–water partition coefficient (Wildman–Crippen LogP) is 5.30. The van der Waals surface area contributed by atoms with Crippen LogP contribution in [0, 0.1) is 6.92 Å². The van der Waals surface area contributed by atoms with Gasteiger partial charge in [0.05, 0.1) is 0 Å². The summed E-state index contributed by atoms with van der Waals surface area (Å²) in [5.74, 6) is 1.78. The molecule has 19 heavy (non-hydrogen) atoms. The van der Waals surface area contributed by atoms with Crippen molar-refractivity contribution in [3.05, 3.63) is 71.8 Å². The van der Waals surface area contributed by atoms with E-state index in [9.17, 15) is 0 Å². The third-order valence-electron chi connectivity index (χ3n) is 3.11. The van der Waals surface area contributed by atoms with E-state index in [1.807, 2.05) is 36.4 Å². The Bertz CT molecular complexity index is 541. The normalized spacial score (nSPS) is 10.8. The van der Waals surface area contributed by atoms with Crippen LogP contribution in [0.15, 0.2) is 60.7 Å². The molecule has 0 radical (unpaired) electrons. The highest BCUT2D eigenvalue weighted by Gasteiger charge is 2.01. The van der Waals surface area contributed by atoms with Crippen LogP contribution in [0.2, 0.25) is 0 Å². The lowest BCUT2D eigenvalue weighted by Crippen LogP contribution is -1.91. The van der Waals surface area contributed by atoms with Crippen LogP contribution in [0.3, 0.4) is 0 Å². The van der Waals surface area contributed by atoms with Crippen molar-refractivity contribution in [2.24, 2.45) is 0 Å². The second-order valence-electron chi connectivity index (χ2n) is 4.61. The molecule has 0 N–H and O–H groups in total. The number of allylic oxidation sites excluding steroid dienone is 2. The number of rotatable bonds is 5. The Morgan fingerprint density at radius 1 is 1.00 bits per heavy atom. The van der Waals surface area contributed by atoms with E-state index in [1.165, 1.54) is 11.1 Å². The van der Waals surface area contributed by atoms with Gasteiger partial charge in [-0.1, -0.05) is 36.4 Å². The van der Waals surface area contributed by atoms with Crippen LogP contribution >= 0.6 is 0 Å². The van der Waals surface area contributed by atoms with Crippen molar-refractivity contribution in [1.82, 2.24) is 0 Å². The highest BCUT2D eigenvalue weighted by Crippen LogP contribution is 2.24. The molecule has 0 unspecified atom stereocenters. The summed E-state index contributed by atoms with van der Waals surface area (Å²) in [5, 5.41) is 0. The third-order valence-corrected chi connectivity index (χ3v) is 3.11. The minimum Gasteiger partial charge on any atom is -0.457 e. The van der Waals surface area contributed by atoms with Crippen molar-refractivity contribution < 1.29 is 4.74 Å². The number of hydrogen-bond donors (Lipinski definition) is 0. The van der Waals surface area contributed by atoms with E-state index in [1.54, 1.807) is 0 Å². The molecule has 1 heteroatoms. The molecule has 0 amide bonds. The second kappa shape index (κ2) is 6.79. The van der Waals surface area contributed by atoms with Crippen LogP contribution < -0.4 is 4.74 Å². The maximum Gasteiger partial charge on any atom is 0.127 e. The molecule has 0 aliphatic heterocycles. The molecule has 0 bridgehead atoms. The third kappa shape index (κ3) is 3.99. The summed E-state index contributed by atoms with van der Waals surface area (Å²) >= 11 is 0. The lowest BCUT2D eigenvalue weighted by atomic mass is 10.0. The summed E-state index contributed by atoms with van der Waals surface area (Å²) in [6.45, 7) is 4.20. The van der Waals surface area contributed by atoms with Crippen molar-refractivity contribution >= 4 is 0 Å². The van der Waals surface area contributed by atoms with E-state index in [4.69, 9.17) is 4.74 Å². The van der Waals surface area contributed by atoms with Crippen LogP contribution in [0.4, 0.5) is 0 Å². The molecule has 1 nitrogen and oxygen atoms in total. The standard InChI is InChI=1S/C18H20O/c1-3-4-6-9-16-12-13-18(14-15(16)2)19-17-10-7-5-8-11-17/h3-5,7-8,10-14H,6,9H2,1-2H3/b4-3-. The van der Waals surface area contributed by atoms with Gasteiger partial charge in [-0.15, -0.1) is 0 Å². The number of aryl methyl sites for hydroxylation is 2. The molecule has 2 rings (SSSR count). The minimum absolute atomic E-state index is 0.878. The Morgan fingerprint density at radius 3 is 2.47 bits per heavy atom. The monoisotopic (exact) mass is 252 g/mol. The van der Waals surface area contributed by atoms with Gasteiger partial charge in [0.25, 0.3) is 0 Å². The average molecular weight is 252 g/mol. The van der Waals surface area contributed by atoms with Gasteiger partial charge in [0.15, 0.2) is 0 Å². The Hall–Kier alpha value is -2.02. The molecular weight excluding hydrogens is 232 g/mol. The van der Waals surface area contributed by atoms with E-state index >= 15 is 0 Å². The number of benzene rings is 2. The molecule has 2 aromatic carbocycles. The molecule has 0 heterocycles. The quantitative estimate of drug-likeness (QED) is 0.656. The number of ether oxygens (including phenoxy) is 1. The summed E-state index contributed by atoms with van der Waals surface area (Å²) < 4.78 is 5.83. The Labute approximate surface area is 115 Å². The lowest BCUT2D eigenvalue weighted by Gasteiger charge is -2.09. The zero-order chi connectivity index (χ0) is 13.5. The van der Waals surface area contributed by atoms with Gasteiger partial charge >= 0.3 is 0 Å². The molecule has 98 valence electrons. The zero-order valence-corrected chi connectivity index (χ0v) is 11.6. The second-order valence-corrected chi connectivity index (χ2v) is 4.61. The van der Waals surface area contributed by atoms with Gasteiger partial charge < -0.3 is 4.74 Å². The number of para-hydroxylation sites is 1. The van der Waals surface area contributed by atoms with Gasteiger partial charge in [-0.25, -0.2) is 0 Å². The van der Waals surface area contributed by atoms with Crippen LogP contribution in [0.1, 0.15) is 24.5 Å². The lowest BCUT2D eigenvalue weighted by molar-refractivity contribution is 0.482. The van der Waals surface area contributed by atoms with Crippen molar-refractivity contribution in [3.8, 4) is 11.5 Å². The van der Waals surface area contributed by atoms with Crippen molar-refractivity contribution in [3.63, 3.8) is 0 Å². The van der Waals surface area contributed by atoms with Gasteiger partial charge in [-0.3, -0.25) is 0 Å². The fourth-order valence-electron chi connectivity index (χ4n) is 2.04. The minimum atomic E-state index is 0.878. The van der Waals surface area contributed by atoms with E-state index in [-0.39, 0.29) is 0 Å². The smallest absolute Gasteiger partial charge is 0.127 e. The van der Waals surface area contributed by atoms with Crippen LogP contribution in [0.5, 0.6) is 11.5 Å². The fourth-order valence-corrected chi connectivity index (χ4v) is 2.04. The van der Waals surface area contributed by atoms with E-state index in [0.29, 0.717) is 0 Å².